The standard InChI is InChI=1S/C17H15ClN2OS/c1-10-3-8-14-15(9-10)22-17(20-14)12-4-6-13(7-5-12)19-16(21)11(2)18/h3-9,11H,1-2H3,(H,19,21)/t11-/m1/s1. The predicted molar refractivity (Wildman–Crippen MR) is 93.7 cm³/mol. The van der Waals surface area contributed by atoms with Gasteiger partial charge in [0.1, 0.15) is 10.4 Å². The van der Waals surface area contributed by atoms with E-state index in [4.69, 9.17) is 11.6 Å². The van der Waals surface area contributed by atoms with Gasteiger partial charge in [-0.3, -0.25) is 4.79 Å². The summed E-state index contributed by atoms with van der Waals surface area (Å²) < 4.78 is 1.18. The van der Waals surface area contributed by atoms with Gasteiger partial charge in [-0.15, -0.1) is 22.9 Å². The molecule has 1 aromatic heterocycles. The molecule has 3 aromatic rings. The number of benzene rings is 2. The normalized spacial score (nSPS) is 12.3. The summed E-state index contributed by atoms with van der Waals surface area (Å²) in [5.74, 6) is -0.204. The lowest BCUT2D eigenvalue weighted by molar-refractivity contribution is -0.115. The van der Waals surface area contributed by atoms with Crippen molar-refractivity contribution in [2.75, 3.05) is 5.32 Å². The van der Waals surface area contributed by atoms with Gasteiger partial charge in [-0.25, -0.2) is 4.98 Å². The Morgan fingerprint density at radius 3 is 2.64 bits per heavy atom. The second-order valence-electron chi connectivity index (χ2n) is 5.17. The van der Waals surface area contributed by atoms with Crippen LogP contribution in [0.1, 0.15) is 12.5 Å². The van der Waals surface area contributed by atoms with Crippen LogP contribution in [-0.4, -0.2) is 16.3 Å². The fourth-order valence-electron chi connectivity index (χ4n) is 2.09. The Kier molecular flexibility index (Phi) is 4.14. The van der Waals surface area contributed by atoms with E-state index >= 15 is 0 Å². The topological polar surface area (TPSA) is 42.0 Å². The summed E-state index contributed by atoms with van der Waals surface area (Å²) in [5, 5.41) is 3.19. The molecule has 2 aromatic carbocycles. The maximum Gasteiger partial charge on any atom is 0.242 e. The molecule has 1 amide bonds. The molecular formula is C17H15ClN2OS. The number of amides is 1. The first kappa shape index (κ1) is 15.0. The van der Waals surface area contributed by atoms with Crippen molar-refractivity contribution in [1.82, 2.24) is 4.98 Å². The first-order valence-electron chi connectivity index (χ1n) is 6.95. The summed E-state index contributed by atoms with van der Waals surface area (Å²) in [4.78, 5) is 16.2. The van der Waals surface area contributed by atoms with Crippen LogP contribution >= 0.6 is 22.9 Å². The van der Waals surface area contributed by atoms with Crippen molar-refractivity contribution in [1.29, 1.82) is 0 Å². The van der Waals surface area contributed by atoms with Crippen molar-refractivity contribution >= 4 is 44.7 Å². The molecule has 3 rings (SSSR count). The van der Waals surface area contributed by atoms with E-state index in [0.29, 0.717) is 0 Å². The van der Waals surface area contributed by atoms with E-state index in [0.717, 1.165) is 21.8 Å². The van der Waals surface area contributed by atoms with Gasteiger partial charge < -0.3 is 5.32 Å². The number of hydrogen-bond donors (Lipinski definition) is 1. The highest BCUT2D eigenvalue weighted by Crippen LogP contribution is 2.31. The highest BCUT2D eigenvalue weighted by atomic mass is 35.5. The van der Waals surface area contributed by atoms with Crippen LogP contribution in [0.25, 0.3) is 20.8 Å². The minimum absolute atomic E-state index is 0.204. The summed E-state index contributed by atoms with van der Waals surface area (Å²) in [6.07, 6.45) is 0. The number of aromatic nitrogens is 1. The first-order valence-corrected chi connectivity index (χ1v) is 8.21. The zero-order chi connectivity index (χ0) is 15.7. The second-order valence-corrected chi connectivity index (χ2v) is 6.86. The van der Waals surface area contributed by atoms with Crippen LogP contribution in [0.3, 0.4) is 0 Å². The van der Waals surface area contributed by atoms with Gasteiger partial charge in [0.05, 0.1) is 10.2 Å². The molecule has 0 aliphatic carbocycles. The zero-order valence-corrected chi connectivity index (χ0v) is 13.8. The van der Waals surface area contributed by atoms with Gasteiger partial charge in [-0.05, 0) is 55.8 Å². The lowest BCUT2D eigenvalue weighted by atomic mass is 10.2. The van der Waals surface area contributed by atoms with Gasteiger partial charge in [-0.1, -0.05) is 6.07 Å². The summed E-state index contributed by atoms with van der Waals surface area (Å²) in [7, 11) is 0. The number of hydrogen-bond acceptors (Lipinski definition) is 3. The number of fused-ring (bicyclic) bond motifs is 1. The van der Waals surface area contributed by atoms with Crippen LogP contribution in [0.2, 0.25) is 0 Å². The third-order valence-corrected chi connectivity index (χ3v) is 4.57. The molecule has 0 aliphatic rings. The molecule has 0 radical (unpaired) electrons. The molecule has 1 N–H and O–H groups in total. The Morgan fingerprint density at radius 1 is 1.23 bits per heavy atom. The summed E-state index contributed by atoms with van der Waals surface area (Å²) in [5.41, 5.74) is 4.02. The van der Waals surface area contributed by atoms with E-state index in [1.807, 2.05) is 30.3 Å². The third kappa shape index (κ3) is 3.13. The molecule has 0 aliphatic heterocycles. The molecule has 112 valence electrons. The van der Waals surface area contributed by atoms with Crippen molar-refractivity contribution in [2.24, 2.45) is 0 Å². The van der Waals surface area contributed by atoms with Crippen LogP contribution in [0, 0.1) is 6.92 Å². The van der Waals surface area contributed by atoms with Crippen LogP contribution in [0.15, 0.2) is 42.5 Å². The number of anilines is 1. The van der Waals surface area contributed by atoms with Crippen LogP contribution in [0.5, 0.6) is 0 Å². The summed E-state index contributed by atoms with van der Waals surface area (Å²) >= 11 is 7.41. The molecule has 0 fully saturated rings. The fraction of sp³-hybridized carbons (Fsp3) is 0.176. The number of rotatable bonds is 3. The van der Waals surface area contributed by atoms with Crippen molar-refractivity contribution < 1.29 is 4.79 Å². The number of halogens is 1. The van der Waals surface area contributed by atoms with Gasteiger partial charge in [-0.2, -0.15) is 0 Å². The largest absolute Gasteiger partial charge is 0.325 e. The van der Waals surface area contributed by atoms with Gasteiger partial charge in [0.2, 0.25) is 5.91 Å². The highest BCUT2D eigenvalue weighted by Gasteiger charge is 2.10. The van der Waals surface area contributed by atoms with Crippen molar-refractivity contribution in [3.63, 3.8) is 0 Å². The maximum atomic E-state index is 11.6. The summed E-state index contributed by atoms with van der Waals surface area (Å²) in [6.45, 7) is 3.72. The van der Waals surface area contributed by atoms with Gasteiger partial charge in [0.15, 0.2) is 0 Å². The Morgan fingerprint density at radius 2 is 1.95 bits per heavy atom. The Labute approximate surface area is 138 Å². The monoisotopic (exact) mass is 330 g/mol. The molecule has 22 heavy (non-hydrogen) atoms. The Balaban J connectivity index is 1.86. The average Bonchev–Trinajstić information content (AvgIpc) is 2.90. The molecule has 0 spiro atoms. The SMILES string of the molecule is Cc1ccc2nc(-c3ccc(NC(=O)[C@@H](C)Cl)cc3)sc2c1. The number of thiazole rings is 1. The van der Waals surface area contributed by atoms with Crippen LogP contribution < -0.4 is 5.32 Å². The van der Waals surface area contributed by atoms with E-state index in [9.17, 15) is 4.79 Å². The summed E-state index contributed by atoms with van der Waals surface area (Å²) in [6, 6.07) is 13.9. The van der Waals surface area contributed by atoms with Crippen molar-refractivity contribution in [3.05, 3.63) is 48.0 Å². The number of carbonyl (C=O) groups is 1. The number of alkyl halides is 1. The maximum absolute atomic E-state index is 11.6. The molecule has 0 unspecified atom stereocenters. The molecule has 0 saturated heterocycles. The molecule has 5 heteroatoms. The van der Waals surface area contributed by atoms with Crippen molar-refractivity contribution in [2.45, 2.75) is 19.2 Å². The second kappa shape index (κ2) is 6.07. The van der Waals surface area contributed by atoms with Gasteiger partial charge in [0, 0.05) is 11.3 Å². The first-order chi connectivity index (χ1) is 10.5. The van der Waals surface area contributed by atoms with Crippen LogP contribution in [0.4, 0.5) is 5.69 Å². The quantitative estimate of drug-likeness (QED) is 0.698. The minimum Gasteiger partial charge on any atom is -0.325 e. The van der Waals surface area contributed by atoms with Crippen LogP contribution in [-0.2, 0) is 4.79 Å². The van der Waals surface area contributed by atoms with Crippen molar-refractivity contribution in [3.8, 4) is 10.6 Å². The zero-order valence-electron chi connectivity index (χ0n) is 12.3. The molecule has 3 nitrogen and oxygen atoms in total. The van der Waals surface area contributed by atoms with E-state index < -0.39 is 5.38 Å². The highest BCUT2D eigenvalue weighted by molar-refractivity contribution is 7.21. The third-order valence-electron chi connectivity index (χ3n) is 3.30. The number of nitrogens with zero attached hydrogens (tertiary/aromatic N) is 1. The van der Waals surface area contributed by atoms with Gasteiger partial charge >= 0.3 is 0 Å². The number of aryl methyl sites for hydroxylation is 1. The average molecular weight is 331 g/mol. The number of carbonyl (C=O) groups excluding carboxylic acids is 1. The lowest BCUT2D eigenvalue weighted by Crippen LogP contribution is -2.20. The molecule has 1 heterocycles. The molecule has 0 bridgehead atoms. The van der Waals surface area contributed by atoms with E-state index in [-0.39, 0.29) is 5.91 Å². The van der Waals surface area contributed by atoms with Gasteiger partial charge in [0.25, 0.3) is 0 Å². The minimum atomic E-state index is -0.549. The van der Waals surface area contributed by atoms with E-state index in [1.165, 1.54) is 10.3 Å². The van der Waals surface area contributed by atoms with E-state index in [2.05, 4.69) is 29.4 Å². The van der Waals surface area contributed by atoms with E-state index in [1.54, 1.807) is 18.3 Å². The molecular weight excluding hydrogens is 316 g/mol. The number of nitrogens with one attached hydrogen (secondary N) is 1. The Hall–Kier alpha value is -1.91. The fourth-order valence-corrected chi connectivity index (χ4v) is 3.22. The predicted octanol–water partition coefficient (Wildman–Crippen LogP) is 4.84. The molecule has 1 atom stereocenters. The lowest BCUT2D eigenvalue weighted by Gasteiger charge is -2.06. The Bertz CT molecular complexity index is 824. The molecule has 0 saturated carbocycles. The smallest absolute Gasteiger partial charge is 0.242 e.